The average Bonchev–Trinajstić information content (AvgIpc) is 3.31. The molecule has 1 saturated heterocycles. The Hall–Kier alpha value is -1.69. The van der Waals surface area contributed by atoms with E-state index < -0.39 is 0 Å². The van der Waals surface area contributed by atoms with E-state index in [-0.39, 0.29) is 0 Å². The zero-order valence-corrected chi connectivity index (χ0v) is 14.4. The van der Waals surface area contributed by atoms with Crippen LogP contribution >= 0.6 is 0 Å². The van der Waals surface area contributed by atoms with E-state index in [0.717, 1.165) is 36.6 Å². The fourth-order valence-corrected chi connectivity index (χ4v) is 3.18. The molecule has 2 fully saturated rings. The molecule has 1 aromatic heterocycles. The van der Waals surface area contributed by atoms with Crippen molar-refractivity contribution in [1.82, 2.24) is 25.5 Å². The Kier molecular flexibility index (Phi) is 5.10. The first-order chi connectivity index (χ1) is 11.2. The highest BCUT2D eigenvalue weighted by Gasteiger charge is 2.38. The van der Waals surface area contributed by atoms with Gasteiger partial charge in [-0.15, -0.1) is 0 Å². The average molecular weight is 316 g/mol. The molecule has 2 heterocycles. The minimum Gasteiger partial charge on any atom is -0.357 e. The van der Waals surface area contributed by atoms with Gasteiger partial charge in [0.1, 0.15) is 5.82 Å². The van der Waals surface area contributed by atoms with Gasteiger partial charge in [0.05, 0.1) is 12.2 Å². The molecule has 0 amide bonds. The molecular weight excluding hydrogens is 288 g/mol. The largest absolute Gasteiger partial charge is 0.357 e. The number of hydrogen-bond donors (Lipinski definition) is 2. The fraction of sp³-hybridized carbons (Fsp3) is 0.706. The van der Waals surface area contributed by atoms with Gasteiger partial charge in [-0.05, 0) is 38.7 Å². The molecule has 0 bridgehead atoms. The van der Waals surface area contributed by atoms with Gasteiger partial charge < -0.3 is 10.6 Å². The lowest BCUT2D eigenvalue weighted by atomic mass is 10.1. The molecule has 23 heavy (non-hydrogen) atoms. The Bertz CT molecular complexity index is 554. The Labute approximate surface area is 138 Å². The van der Waals surface area contributed by atoms with Crippen LogP contribution in [0.2, 0.25) is 0 Å². The number of guanidine groups is 1. The summed E-state index contributed by atoms with van der Waals surface area (Å²) in [4.78, 5) is 15.9. The molecule has 126 valence electrons. The van der Waals surface area contributed by atoms with Gasteiger partial charge in [-0.2, -0.15) is 0 Å². The topological polar surface area (TPSA) is 65.4 Å². The van der Waals surface area contributed by atoms with Crippen LogP contribution in [0.15, 0.2) is 17.3 Å². The van der Waals surface area contributed by atoms with Crippen molar-refractivity contribution in [2.45, 2.75) is 52.2 Å². The van der Waals surface area contributed by atoms with Gasteiger partial charge in [0, 0.05) is 37.9 Å². The molecule has 1 aliphatic heterocycles. The Morgan fingerprint density at radius 3 is 2.91 bits per heavy atom. The molecule has 0 spiro atoms. The van der Waals surface area contributed by atoms with Crippen molar-refractivity contribution in [2.75, 3.05) is 19.6 Å². The molecule has 0 radical (unpaired) electrons. The van der Waals surface area contributed by atoms with E-state index >= 15 is 0 Å². The van der Waals surface area contributed by atoms with Crippen molar-refractivity contribution in [3.63, 3.8) is 0 Å². The van der Waals surface area contributed by atoms with Crippen molar-refractivity contribution < 1.29 is 0 Å². The van der Waals surface area contributed by atoms with Gasteiger partial charge in [-0.3, -0.25) is 4.90 Å². The molecule has 6 nitrogen and oxygen atoms in total. The van der Waals surface area contributed by atoms with Crippen LogP contribution in [0.25, 0.3) is 0 Å². The monoisotopic (exact) mass is 316 g/mol. The van der Waals surface area contributed by atoms with Crippen LogP contribution in [0.3, 0.4) is 0 Å². The molecule has 2 N–H and O–H groups in total. The standard InChI is InChI=1S/C17H28N6/c1-4-18-17(20-9-14-7-8-19-13(3)21-14)22-16-11-23(10-12(16)2)15-5-6-15/h7-8,12,15-16H,4-6,9-11H2,1-3H3,(H2,18,20,22). The molecule has 1 aromatic rings. The first kappa shape index (κ1) is 16.2. The summed E-state index contributed by atoms with van der Waals surface area (Å²) in [6.45, 7) is 10.1. The number of hydrogen-bond acceptors (Lipinski definition) is 4. The normalized spacial score (nSPS) is 25.6. The van der Waals surface area contributed by atoms with Crippen molar-refractivity contribution in [3.8, 4) is 0 Å². The van der Waals surface area contributed by atoms with Gasteiger partial charge in [0.25, 0.3) is 0 Å². The van der Waals surface area contributed by atoms with Crippen LogP contribution in [0.1, 0.15) is 38.2 Å². The Morgan fingerprint density at radius 1 is 1.39 bits per heavy atom. The SMILES string of the molecule is CCNC(=NCc1ccnc(C)n1)NC1CN(C2CC2)CC1C. The maximum absolute atomic E-state index is 4.69. The molecule has 1 aliphatic carbocycles. The minimum atomic E-state index is 0.473. The third-order valence-corrected chi connectivity index (χ3v) is 4.60. The number of aryl methyl sites for hydroxylation is 1. The highest BCUT2D eigenvalue weighted by atomic mass is 15.3. The van der Waals surface area contributed by atoms with Crippen LogP contribution in [0, 0.1) is 12.8 Å². The molecule has 2 atom stereocenters. The molecular formula is C17H28N6. The van der Waals surface area contributed by atoms with Gasteiger partial charge in [-0.1, -0.05) is 6.92 Å². The number of likely N-dealkylation sites (tertiary alicyclic amines) is 1. The van der Waals surface area contributed by atoms with E-state index in [1.165, 1.54) is 19.4 Å². The molecule has 6 heteroatoms. The molecule has 3 rings (SSSR count). The van der Waals surface area contributed by atoms with E-state index in [0.29, 0.717) is 18.5 Å². The second kappa shape index (κ2) is 7.25. The molecule has 2 aliphatic rings. The molecule has 1 saturated carbocycles. The highest BCUT2D eigenvalue weighted by molar-refractivity contribution is 5.80. The predicted molar refractivity (Wildman–Crippen MR) is 92.3 cm³/mol. The maximum Gasteiger partial charge on any atom is 0.191 e. The van der Waals surface area contributed by atoms with Gasteiger partial charge in [0.15, 0.2) is 5.96 Å². The van der Waals surface area contributed by atoms with Crippen molar-refractivity contribution in [2.24, 2.45) is 10.9 Å². The lowest BCUT2D eigenvalue weighted by Crippen LogP contribution is -2.46. The summed E-state index contributed by atoms with van der Waals surface area (Å²) >= 11 is 0. The summed E-state index contributed by atoms with van der Waals surface area (Å²) < 4.78 is 0. The van der Waals surface area contributed by atoms with Crippen molar-refractivity contribution in [1.29, 1.82) is 0 Å². The summed E-state index contributed by atoms with van der Waals surface area (Å²) in [5.41, 5.74) is 0.953. The smallest absolute Gasteiger partial charge is 0.191 e. The zero-order chi connectivity index (χ0) is 16.2. The second-order valence-corrected chi connectivity index (χ2v) is 6.70. The summed E-state index contributed by atoms with van der Waals surface area (Å²) in [6.07, 6.45) is 4.54. The summed E-state index contributed by atoms with van der Waals surface area (Å²) in [6, 6.07) is 3.24. The lowest BCUT2D eigenvalue weighted by molar-refractivity contribution is 0.315. The maximum atomic E-state index is 4.69. The van der Waals surface area contributed by atoms with E-state index in [2.05, 4.69) is 39.3 Å². The second-order valence-electron chi connectivity index (χ2n) is 6.70. The molecule has 2 unspecified atom stereocenters. The predicted octanol–water partition coefficient (Wildman–Crippen LogP) is 1.32. The quantitative estimate of drug-likeness (QED) is 0.634. The van der Waals surface area contributed by atoms with Gasteiger partial charge >= 0.3 is 0 Å². The number of aliphatic imine (C=N–C) groups is 1. The first-order valence-electron chi connectivity index (χ1n) is 8.73. The van der Waals surface area contributed by atoms with Gasteiger partial charge in [-0.25, -0.2) is 15.0 Å². The lowest BCUT2D eigenvalue weighted by Gasteiger charge is -2.20. The first-order valence-corrected chi connectivity index (χ1v) is 8.73. The zero-order valence-electron chi connectivity index (χ0n) is 14.4. The number of rotatable bonds is 5. The van der Waals surface area contributed by atoms with Crippen LogP contribution in [-0.2, 0) is 6.54 Å². The van der Waals surface area contributed by atoms with E-state index in [1.807, 2.05) is 13.0 Å². The van der Waals surface area contributed by atoms with Gasteiger partial charge in [0.2, 0.25) is 0 Å². The van der Waals surface area contributed by atoms with E-state index in [4.69, 9.17) is 4.99 Å². The summed E-state index contributed by atoms with van der Waals surface area (Å²) in [5.74, 6) is 2.33. The van der Waals surface area contributed by atoms with Crippen LogP contribution < -0.4 is 10.6 Å². The van der Waals surface area contributed by atoms with E-state index in [1.54, 1.807) is 6.20 Å². The summed E-state index contributed by atoms with van der Waals surface area (Å²) in [7, 11) is 0. The van der Waals surface area contributed by atoms with E-state index in [9.17, 15) is 0 Å². The number of nitrogens with one attached hydrogen (secondary N) is 2. The third kappa shape index (κ3) is 4.41. The fourth-order valence-electron chi connectivity index (χ4n) is 3.18. The van der Waals surface area contributed by atoms with Crippen molar-refractivity contribution in [3.05, 3.63) is 23.8 Å². The number of nitrogens with zero attached hydrogens (tertiary/aromatic N) is 4. The number of aromatic nitrogens is 2. The highest BCUT2D eigenvalue weighted by Crippen LogP contribution is 2.31. The Morgan fingerprint density at radius 2 is 2.22 bits per heavy atom. The summed E-state index contributed by atoms with van der Waals surface area (Å²) in [5, 5.41) is 6.97. The third-order valence-electron chi connectivity index (χ3n) is 4.60. The van der Waals surface area contributed by atoms with Crippen LogP contribution in [0.5, 0.6) is 0 Å². The Balaban J connectivity index is 1.60. The van der Waals surface area contributed by atoms with Crippen molar-refractivity contribution >= 4 is 5.96 Å². The molecule has 0 aromatic carbocycles. The minimum absolute atomic E-state index is 0.473. The van der Waals surface area contributed by atoms with Crippen LogP contribution in [0.4, 0.5) is 0 Å². The van der Waals surface area contributed by atoms with Crippen LogP contribution in [-0.4, -0.2) is 52.5 Å².